The molecule has 0 aliphatic heterocycles. The summed E-state index contributed by atoms with van der Waals surface area (Å²) in [6.45, 7) is 0. The Labute approximate surface area is 164 Å². The molecule has 6 nitrogen and oxygen atoms in total. The number of rotatable bonds is 9. The number of aryl methyl sites for hydroxylation is 2. The minimum Gasteiger partial charge on any atom is -0.481 e. The van der Waals surface area contributed by atoms with Crippen molar-refractivity contribution in [3.05, 3.63) is 70.8 Å². The van der Waals surface area contributed by atoms with Crippen molar-refractivity contribution in [2.45, 2.75) is 25.7 Å². The number of hydrogen-bond acceptors (Lipinski definition) is 5. The number of methoxy groups -OCH3 is 2. The minimum atomic E-state index is -0.822. The van der Waals surface area contributed by atoms with E-state index < -0.39 is 23.8 Å². The zero-order valence-electron chi connectivity index (χ0n) is 16.0. The van der Waals surface area contributed by atoms with Crippen LogP contribution in [0.5, 0.6) is 0 Å². The third-order valence-electron chi connectivity index (χ3n) is 4.66. The maximum absolute atomic E-state index is 11.6. The average Bonchev–Trinajstić information content (AvgIpc) is 2.73. The number of carboxylic acids is 1. The molecule has 0 heterocycles. The van der Waals surface area contributed by atoms with Gasteiger partial charge in [-0.2, -0.15) is 0 Å². The molecule has 148 valence electrons. The average molecular weight is 384 g/mol. The molecule has 6 heteroatoms. The van der Waals surface area contributed by atoms with Crippen molar-refractivity contribution in [3.63, 3.8) is 0 Å². The maximum Gasteiger partial charge on any atom is 0.337 e. The summed E-state index contributed by atoms with van der Waals surface area (Å²) in [4.78, 5) is 34.5. The second-order valence-corrected chi connectivity index (χ2v) is 6.49. The van der Waals surface area contributed by atoms with E-state index in [1.807, 2.05) is 24.3 Å². The largest absolute Gasteiger partial charge is 0.481 e. The van der Waals surface area contributed by atoms with Crippen LogP contribution < -0.4 is 0 Å². The van der Waals surface area contributed by atoms with Gasteiger partial charge in [-0.25, -0.2) is 9.59 Å². The van der Waals surface area contributed by atoms with Crippen LogP contribution in [0.15, 0.2) is 48.5 Å². The van der Waals surface area contributed by atoms with Gasteiger partial charge < -0.3 is 14.6 Å². The first-order chi connectivity index (χ1) is 13.4. The predicted octanol–water partition coefficient (Wildman–Crippen LogP) is 3.53. The Morgan fingerprint density at radius 1 is 0.750 bits per heavy atom. The van der Waals surface area contributed by atoms with Crippen LogP contribution in [0.1, 0.15) is 44.7 Å². The second-order valence-electron chi connectivity index (χ2n) is 6.49. The lowest BCUT2D eigenvalue weighted by Crippen LogP contribution is -2.15. The number of carbonyl (C=O) groups excluding carboxylic acids is 2. The van der Waals surface area contributed by atoms with E-state index in [4.69, 9.17) is 0 Å². The third-order valence-corrected chi connectivity index (χ3v) is 4.66. The van der Waals surface area contributed by atoms with Crippen molar-refractivity contribution in [3.8, 4) is 0 Å². The first-order valence-electron chi connectivity index (χ1n) is 9.02. The van der Waals surface area contributed by atoms with E-state index in [0.29, 0.717) is 36.8 Å². The monoisotopic (exact) mass is 384 g/mol. The predicted molar refractivity (Wildman–Crippen MR) is 103 cm³/mol. The molecular formula is C22H24O6. The van der Waals surface area contributed by atoms with Crippen LogP contribution in [0, 0.1) is 5.92 Å². The van der Waals surface area contributed by atoms with Gasteiger partial charge in [0.2, 0.25) is 0 Å². The zero-order chi connectivity index (χ0) is 20.5. The number of ether oxygens (including phenoxy) is 2. The van der Waals surface area contributed by atoms with Gasteiger partial charge in [0.05, 0.1) is 31.3 Å². The molecule has 0 fully saturated rings. The zero-order valence-corrected chi connectivity index (χ0v) is 16.0. The van der Waals surface area contributed by atoms with Crippen LogP contribution in [0.4, 0.5) is 0 Å². The van der Waals surface area contributed by atoms with Crippen molar-refractivity contribution in [2.24, 2.45) is 5.92 Å². The van der Waals surface area contributed by atoms with Gasteiger partial charge in [-0.05, 0) is 61.1 Å². The maximum atomic E-state index is 11.6. The van der Waals surface area contributed by atoms with Crippen molar-refractivity contribution >= 4 is 17.9 Å². The number of carboxylic acid groups (broad SMARTS) is 1. The van der Waals surface area contributed by atoms with Crippen LogP contribution in [0.25, 0.3) is 0 Å². The van der Waals surface area contributed by atoms with Gasteiger partial charge in [-0.1, -0.05) is 24.3 Å². The number of hydrogen-bond donors (Lipinski definition) is 1. The van der Waals surface area contributed by atoms with Gasteiger partial charge in [0.15, 0.2) is 0 Å². The van der Waals surface area contributed by atoms with E-state index in [-0.39, 0.29) is 0 Å². The van der Waals surface area contributed by atoms with E-state index >= 15 is 0 Å². The molecule has 2 aromatic rings. The van der Waals surface area contributed by atoms with Gasteiger partial charge >= 0.3 is 17.9 Å². The lowest BCUT2D eigenvalue weighted by atomic mass is 9.93. The number of aliphatic carboxylic acids is 1. The molecule has 0 amide bonds. The molecule has 0 aromatic heterocycles. The quantitative estimate of drug-likeness (QED) is 0.665. The van der Waals surface area contributed by atoms with Gasteiger partial charge in [-0.3, -0.25) is 4.79 Å². The lowest BCUT2D eigenvalue weighted by Gasteiger charge is -2.13. The minimum absolute atomic E-state index is 0.395. The van der Waals surface area contributed by atoms with E-state index in [1.165, 1.54) is 14.2 Å². The Morgan fingerprint density at radius 2 is 1.11 bits per heavy atom. The molecule has 0 radical (unpaired) electrons. The normalized spacial score (nSPS) is 10.5. The van der Waals surface area contributed by atoms with E-state index in [2.05, 4.69) is 9.47 Å². The Bertz CT molecular complexity index is 744. The molecule has 0 saturated carbocycles. The van der Waals surface area contributed by atoms with Crippen molar-refractivity contribution < 1.29 is 29.0 Å². The molecule has 0 saturated heterocycles. The third kappa shape index (κ3) is 5.94. The topological polar surface area (TPSA) is 89.9 Å². The molecule has 0 atom stereocenters. The molecule has 0 unspecified atom stereocenters. The Kier molecular flexibility index (Phi) is 7.75. The Balaban J connectivity index is 1.90. The molecule has 2 rings (SSSR count). The van der Waals surface area contributed by atoms with E-state index in [9.17, 15) is 19.5 Å². The first kappa shape index (κ1) is 21.2. The molecule has 0 aliphatic rings. The Hall–Kier alpha value is -3.15. The first-order valence-corrected chi connectivity index (χ1v) is 9.02. The highest BCUT2D eigenvalue weighted by Crippen LogP contribution is 2.18. The van der Waals surface area contributed by atoms with E-state index in [1.54, 1.807) is 24.3 Å². The molecule has 1 N–H and O–H groups in total. The van der Waals surface area contributed by atoms with E-state index in [0.717, 1.165) is 11.1 Å². The van der Waals surface area contributed by atoms with Crippen molar-refractivity contribution in [2.75, 3.05) is 14.2 Å². The van der Waals surface area contributed by atoms with Crippen LogP contribution in [-0.2, 0) is 27.1 Å². The SMILES string of the molecule is COC(=O)c1ccc(CCC(CCc2ccc(C(=O)OC)cc2)C(=O)O)cc1. The lowest BCUT2D eigenvalue weighted by molar-refractivity contribution is -0.142. The Morgan fingerprint density at radius 3 is 1.39 bits per heavy atom. The standard InChI is InChI=1S/C22H24O6/c1-27-21(25)18-11-5-15(6-12-18)3-9-17(20(23)24)10-4-16-7-13-19(14-8-16)22(26)28-2/h5-8,11-14,17H,3-4,9-10H2,1-2H3,(H,23,24). The number of benzene rings is 2. The highest BCUT2D eigenvalue weighted by Gasteiger charge is 2.17. The van der Waals surface area contributed by atoms with Gasteiger partial charge in [0, 0.05) is 0 Å². The second kappa shape index (κ2) is 10.3. The molecule has 0 bridgehead atoms. The van der Waals surface area contributed by atoms with Gasteiger partial charge in [0.25, 0.3) is 0 Å². The highest BCUT2D eigenvalue weighted by atomic mass is 16.5. The van der Waals surface area contributed by atoms with Crippen molar-refractivity contribution in [1.29, 1.82) is 0 Å². The molecule has 0 spiro atoms. The fourth-order valence-electron chi connectivity index (χ4n) is 2.92. The summed E-state index contributed by atoms with van der Waals surface area (Å²) in [7, 11) is 2.66. The summed E-state index contributed by atoms with van der Waals surface area (Å²) >= 11 is 0. The van der Waals surface area contributed by atoms with Crippen molar-refractivity contribution in [1.82, 2.24) is 0 Å². The summed E-state index contributed by atoms with van der Waals surface area (Å²) in [6.07, 6.45) is 2.24. The summed E-state index contributed by atoms with van der Waals surface area (Å²) < 4.78 is 9.33. The fraction of sp³-hybridized carbons (Fsp3) is 0.318. The van der Waals surface area contributed by atoms with Gasteiger partial charge in [0.1, 0.15) is 0 Å². The number of esters is 2. The molecule has 28 heavy (non-hydrogen) atoms. The summed E-state index contributed by atoms with van der Waals surface area (Å²) in [5, 5.41) is 9.50. The van der Waals surface area contributed by atoms with Gasteiger partial charge in [-0.15, -0.1) is 0 Å². The highest BCUT2D eigenvalue weighted by molar-refractivity contribution is 5.89. The van der Waals surface area contributed by atoms with Crippen LogP contribution in [-0.4, -0.2) is 37.2 Å². The summed E-state index contributed by atoms with van der Waals surface area (Å²) in [5.41, 5.74) is 2.88. The van der Waals surface area contributed by atoms with Crippen LogP contribution in [0.3, 0.4) is 0 Å². The molecule has 2 aromatic carbocycles. The fourth-order valence-corrected chi connectivity index (χ4v) is 2.92. The van der Waals surface area contributed by atoms with Crippen LogP contribution >= 0.6 is 0 Å². The smallest absolute Gasteiger partial charge is 0.337 e. The van der Waals surface area contributed by atoms with Crippen LogP contribution in [0.2, 0.25) is 0 Å². The molecule has 0 aliphatic carbocycles. The number of carbonyl (C=O) groups is 3. The molecular weight excluding hydrogens is 360 g/mol. The summed E-state index contributed by atoms with van der Waals surface area (Å²) in [6, 6.07) is 14.0. The summed E-state index contributed by atoms with van der Waals surface area (Å²) in [5.74, 6) is -2.08.